The zero-order valence-corrected chi connectivity index (χ0v) is 16.6. The molecule has 5 aromatic rings. The summed E-state index contributed by atoms with van der Waals surface area (Å²) in [6, 6.07) is 11.6. The van der Waals surface area contributed by atoms with Crippen LogP contribution in [-0.2, 0) is 0 Å². The Morgan fingerprint density at radius 1 is 0.897 bits per heavy atom. The second-order valence-corrected chi connectivity index (χ2v) is 8.75. The number of Topliss-reactive ketones (excluding diaryl/α,β-unsaturated/α-hetero) is 2. The number of aromatic nitrogens is 2. The van der Waals surface area contributed by atoms with E-state index in [2.05, 4.69) is 9.55 Å². The molecule has 29 heavy (non-hydrogen) atoms. The van der Waals surface area contributed by atoms with E-state index < -0.39 is 0 Å². The Kier molecular flexibility index (Phi) is 3.47. The van der Waals surface area contributed by atoms with E-state index in [-0.39, 0.29) is 17.1 Å². The van der Waals surface area contributed by atoms with Crippen LogP contribution >= 0.6 is 22.7 Å². The lowest BCUT2D eigenvalue weighted by Gasteiger charge is -2.00. The SMILES string of the molecule is O=C1C(=Cc2ccc(-n3ccc4cnccc43)s2)C(=O)c2cc3cscc3cc21. The fourth-order valence-corrected chi connectivity index (χ4v) is 5.50. The fraction of sp³-hybridized carbons (Fsp3) is 0. The lowest BCUT2D eigenvalue weighted by atomic mass is 10.1. The van der Waals surface area contributed by atoms with Crippen LogP contribution in [-0.4, -0.2) is 21.1 Å². The number of carbonyl (C=O) groups is 2. The third-order valence-electron chi connectivity index (χ3n) is 5.22. The maximum atomic E-state index is 12.9. The number of rotatable bonds is 2. The topological polar surface area (TPSA) is 52.0 Å². The van der Waals surface area contributed by atoms with Crippen molar-refractivity contribution in [3.63, 3.8) is 0 Å². The zero-order valence-electron chi connectivity index (χ0n) is 15.0. The van der Waals surface area contributed by atoms with E-state index in [0.29, 0.717) is 11.1 Å². The van der Waals surface area contributed by atoms with Gasteiger partial charge in [-0.25, -0.2) is 0 Å². The molecular formula is C23H12N2O2S2. The Labute approximate surface area is 173 Å². The van der Waals surface area contributed by atoms with Gasteiger partial charge in [-0.15, -0.1) is 11.3 Å². The Morgan fingerprint density at radius 3 is 2.41 bits per heavy atom. The summed E-state index contributed by atoms with van der Waals surface area (Å²) < 4.78 is 2.09. The van der Waals surface area contributed by atoms with Crippen molar-refractivity contribution >= 4 is 62.0 Å². The molecule has 0 atom stereocenters. The van der Waals surface area contributed by atoms with Crippen molar-refractivity contribution in [2.75, 3.05) is 0 Å². The summed E-state index contributed by atoms with van der Waals surface area (Å²) in [4.78, 5) is 30.8. The number of thiophene rings is 2. The van der Waals surface area contributed by atoms with Crippen LogP contribution in [0.3, 0.4) is 0 Å². The highest BCUT2D eigenvalue weighted by molar-refractivity contribution is 7.15. The van der Waals surface area contributed by atoms with Crippen LogP contribution in [0.5, 0.6) is 0 Å². The molecular weight excluding hydrogens is 400 g/mol. The molecule has 0 radical (unpaired) electrons. The average Bonchev–Trinajstić information content (AvgIpc) is 3.50. The third-order valence-corrected chi connectivity index (χ3v) is 7.03. The zero-order chi connectivity index (χ0) is 19.5. The first-order chi connectivity index (χ1) is 14.2. The van der Waals surface area contributed by atoms with Gasteiger partial charge < -0.3 is 4.57 Å². The average molecular weight is 412 g/mol. The lowest BCUT2D eigenvalue weighted by molar-refractivity contribution is 0.0990. The normalized spacial score (nSPS) is 13.6. The largest absolute Gasteiger partial charge is 0.308 e. The van der Waals surface area contributed by atoms with Gasteiger partial charge in [-0.05, 0) is 64.0 Å². The van der Waals surface area contributed by atoms with E-state index in [0.717, 1.165) is 31.6 Å². The van der Waals surface area contributed by atoms with E-state index in [1.807, 2.05) is 59.6 Å². The van der Waals surface area contributed by atoms with Crippen LogP contribution in [0, 0.1) is 0 Å². The fourth-order valence-electron chi connectivity index (χ4n) is 3.78. The van der Waals surface area contributed by atoms with E-state index in [4.69, 9.17) is 0 Å². The highest BCUT2D eigenvalue weighted by Crippen LogP contribution is 2.34. The van der Waals surface area contributed by atoms with E-state index >= 15 is 0 Å². The second-order valence-electron chi connectivity index (χ2n) is 6.91. The number of hydrogen-bond donors (Lipinski definition) is 0. The minimum Gasteiger partial charge on any atom is -0.308 e. The van der Waals surface area contributed by atoms with E-state index in [1.165, 1.54) is 0 Å². The molecule has 0 saturated carbocycles. The van der Waals surface area contributed by atoms with Crippen molar-refractivity contribution < 1.29 is 9.59 Å². The molecule has 0 fully saturated rings. The van der Waals surface area contributed by atoms with Crippen LogP contribution < -0.4 is 0 Å². The first-order valence-corrected chi connectivity index (χ1v) is 10.8. The predicted molar refractivity (Wildman–Crippen MR) is 117 cm³/mol. The first-order valence-electron chi connectivity index (χ1n) is 9.01. The molecule has 0 amide bonds. The van der Waals surface area contributed by atoms with Gasteiger partial charge in [-0.3, -0.25) is 14.6 Å². The molecule has 0 bridgehead atoms. The van der Waals surface area contributed by atoms with Crippen LogP contribution in [0.1, 0.15) is 25.6 Å². The van der Waals surface area contributed by atoms with Gasteiger partial charge in [0.15, 0.2) is 11.6 Å². The number of ketones is 2. The molecule has 0 spiro atoms. The van der Waals surface area contributed by atoms with Crippen molar-refractivity contribution in [3.8, 4) is 5.00 Å². The molecule has 4 heterocycles. The standard InChI is InChI=1S/C23H12N2O2S2/c26-22-17-7-14-11-28-12-15(14)8-18(17)23(27)19(22)9-16-1-2-21(29-16)25-6-4-13-10-24-5-3-20(13)25/h1-12H. The molecule has 1 aliphatic rings. The first kappa shape index (κ1) is 16.6. The van der Waals surface area contributed by atoms with Gasteiger partial charge >= 0.3 is 0 Å². The summed E-state index contributed by atoms with van der Waals surface area (Å²) in [5.74, 6) is -0.379. The van der Waals surface area contributed by atoms with Gasteiger partial charge in [0.25, 0.3) is 0 Å². The van der Waals surface area contributed by atoms with Gasteiger partial charge in [-0.2, -0.15) is 11.3 Å². The van der Waals surface area contributed by atoms with Crippen LogP contribution in [0.2, 0.25) is 0 Å². The molecule has 4 nitrogen and oxygen atoms in total. The monoisotopic (exact) mass is 412 g/mol. The van der Waals surface area contributed by atoms with Crippen molar-refractivity contribution in [2.45, 2.75) is 0 Å². The molecule has 0 N–H and O–H groups in total. The number of fused-ring (bicyclic) bond motifs is 3. The highest BCUT2D eigenvalue weighted by Gasteiger charge is 2.33. The minimum absolute atomic E-state index is 0.189. The molecule has 138 valence electrons. The van der Waals surface area contributed by atoms with Gasteiger partial charge in [0, 0.05) is 40.0 Å². The van der Waals surface area contributed by atoms with E-state index in [9.17, 15) is 9.59 Å². The van der Waals surface area contributed by atoms with Gasteiger partial charge in [0.1, 0.15) is 5.00 Å². The molecule has 6 rings (SSSR count). The predicted octanol–water partition coefficient (Wildman–Crippen LogP) is 5.76. The molecule has 0 saturated heterocycles. The van der Waals surface area contributed by atoms with Gasteiger partial charge in [-0.1, -0.05) is 0 Å². The number of allylic oxidation sites excluding steroid dienone is 1. The molecule has 4 aromatic heterocycles. The lowest BCUT2D eigenvalue weighted by Crippen LogP contribution is -1.99. The van der Waals surface area contributed by atoms with E-state index in [1.54, 1.807) is 34.9 Å². The van der Waals surface area contributed by atoms with Gasteiger partial charge in [0.05, 0.1) is 11.1 Å². The molecule has 1 aliphatic carbocycles. The number of hydrogen-bond acceptors (Lipinski definition) is 5. The minimum atomic E-state index is -0.189. The summed E-state index contributed by atoms with van der Waals surface area (Å²) in [6.07, 6.45) is 7.33. The maximum absolute atomic E-state index is 12.9. The summed E-state index contributed by atoms with van der Waals surface area (Å²) in [5, 5.41) is 8.09. The van der Waals surface area contributed by atoms with Crippen molar-refractivity contribution in [3.05, 3.63) is 87.3 Å². The van der Waals surface area contributed by atoms with Crippen LogP contribution in [0.25, 0.3) is 32.8 Å². The Hall–Kier alpha value is -3.35. The number of benzene rings is 1. The molecule has 1 aromatic carbocycles. The molecule has 0 aliphatic heterocycles. The molecule has 6 heteroatoms. The van der Waals surface area contributed by atoms with Crippen molar-refractivity contribution in [2.24, 2.45) is 0 Å². The quantitative estimate of drug-likeness (QED) is 0.273. The summed E-state index contributed by atoms with van der Waals surface area (Å²) in [6.45, 7) is 0. The molecule has 0 unspecified atom stereocenters. The summed E-state index contributed by atoms with van der Waals surface area (Å²) in [7, 11) is 0. The number of nitrogens with zero attached hydrogens (tertiary/aromatic N) is 2. The smallest absolute Gasteiger partial charge is 0.197 e. The van der Waals surface area contributed by atoms with Gasteiger partial charge in [0.2, 0.25) is 0 Å². The van der Waals surface area contributed by atoms with Crippen molar-refractivity contribution in [1.29, 1.82) is 0 Å². The van der Waals surface area contributed by atoms with Crippen LogP contribution in [0.15, 0.2) is 71.3 Å². The van der Waals surface area contributed by atoms with Crippen LogP contribution in [0.4, 0.5) is 0 Å². The summed E-state index contributed by atoms with van der Waals surface area (Å²) in [5.41, 5.74) is 2.33. The number of pyridine rings is 1. The Bertz CT molecular complexity index is 1450. The second kappa shape index (κ2) is 6.07. The summed E-state index contributed by atoms with van der Waals surface area (Å²) >= 11 is 3.11. The highest BCUT2D eigenvalue weighted by atomic mass is 32.1. The Morgan fingerprint density at radius 2 is 1.66 bits per heavy atom. The third kappa shape index (κ3) is 2.46. The Balaban J connectivity index is 1.41. The maximum Gasteiger partial charge on any atom is 0.197 e. The van der Waals surface area contributed by atoms with Crippen molar-refractivity contribution in [1.82, 2.24) is 9.55 Å². The number of carbonyl (C=O) groups excluding carboxylic acids is 2.